The lowest BCUT2D eigenvalue weighted by atomic mass is 10.2. The van der Waals surface area contributed by atoms with E-state index in [9.17, 15) is 0 Å². The molecule has 0 aromatic heterocycles. The molecular formula is C9H10Cl2N2S. The second-order valence-electron chi connectivity index (χ2n) is 2.65. The Labute approximate surface area is 98.6 Å². The smallest absolute Gasteiger partial charge is 0.166 e. The third kappa shape index (κ3) is 3.01. The van der Waals surface area contributed by atoms with E-state index in [0.717, 1.165) is 5.56 Å². The van der Waals surface area contributed by atoms with Crippen LogP contribution in [0.3, 0.4) is 0 Å². The van der Waals surface area contributed by atoms with Crippen molar-refractivity contribution in [2.75, 3.05) is 7.05 Å². The van der Waals surface area contributed by atoms with Gasteiger partial charge in [0, 0.05) is 13.6 Å². The van der Waals surface area contributed by atoms with Crippen LogP contribution in [0.25, 0.3) is 0 Å². The van der Waals surface area contributed by atoms with Crippen LogP contribution in [0.1, 0.15) is 5.56 Å². The van der Waals surface area contributed by atoms with Crippen LogP contribution < -0.4 is 10.6 Å². The van der Waals surface area contributed by atoms with Gasteiger partial charge in [-0.3, -0.25) is 0 Å². The highest BCUT2D eigenvalue weighted by molar-refractivity contribution is 7.80. The van der Waals surface area contributed by atoms with Crippen molar-refractivity contribution in [3.8, 4) is 0 Å². The van der Waals surface area contributed by atoms with Gasteiger partial charge in [-0.2, -0.15) is 0 Å². The Balaban J connectivity index is 2.68. The van der Waals surface area contributed by atoms with Crippen molar-refractivity contribution >= 4 is 40.5 Å². The minimum atomic E-state index is 0.557. The minimum Gasteiger partial charge on any atom is -0.366 e. The SMILES string of the molecule is CNC(=S)NCc1cccc(Cl)c1Cl. The Morgan fingerprint density at radius 1 is 1.43 bits per heavy atom. The topological polar surface area (TPSA) is 24.1 Å². The lowest BCUT2D eigenvalue weighted by molar-refractivity contribution is 0.891. The monoisotopic (exact) mass is 248 g/mol. The molecule has 0 saturated heterocycles. The van der Waals surface area contributed by atoms with Gasteiger partial charge in [-0.05, 0) is 23.8 Å². The van der Waals surface area contributed by atoms with Crippen molar-refractivity contribution < 1.29 is 0 Å². The van der Waals surface area contributed by atoms with E-state index in [1.807, 2.05) is 12.1 Å². The molecule has 0 unspecified atom stereocenters. The number of halogens is 2. The summed E-state index contributed by atoms with van der Waals surface area (Å²) in [4.78, 5) is 0. The maximum Gasteiger partial charge on any atom is 0.166 e. The van der Waals surface area contributed by atoms with Crippen molar-refractivity contribution in [2.24, 2.45) is 0 Å². The Kier molecular flexibility index (Phi) is 4.45. The van der Waals surface area contributed by atoms with E-state index in [1.165, 1.54) is 0 Å². The predicted molar refractivity (Wildman–Crippen MR) is 65.0 cm³/mol. The van der Waals surface area contributed by atoms with Gasteiger partial charge in [0.15, 0.2) is 5.11 Å². The lowest BCUT2D eigenvalue weighted by Crippen LogP contribution is -2.31. The number of hydrogen-bond acceptors (Lipinski definition) is 1. The molecule has 0 fully saturated rings. The zero-order chi connectivity index (χ0) is 10.6. The van der Waals surface area contributed by atoms with Gasteiger partial charge in [-0.15, -0.1) is 0 Å². The molecule has 1 aromatic rings. The van der Waals surface area contributed by atoms with E-state index < -0.39 is 0 Å². The molecule has 76 valence electrons. The fraction of sp³-hybridized carbons (Fsp3) is 0.222. The molecule has 1 aromatic carbocycles. The van der Waals surface area contributed by atoms with Gasteiger partial charge in [0.25, 0.3) is 0 Å². The van der Waals surface area contributed by atoms with Crippen molar-refractivity contribution in [3.05, 3.63) is 33.8 Å². The summed E-state index contributed by atoms with van der Waals surface area (Å²) >= 11 is 16.8. The van der Waals surface area contributed by atoms with E-state index in [-0.39, 0.29) is 0 Å². The molecule has 0 saturated carbocycles. The van der Waals surface area contributed by atoms with Crippen molar-refractivity contribution in [2.45, 2.75) is 6.54 Å². The zero-order valence-corrected chi connectivity index (χ0v) is 9.93. The average molecular weight is 249 g/mol. The molecule has 1 rings (SSSR count). The third-order valence-electron chi connectivity index (χ3n) is 1.70. The highest BCUT2D eigenvalue weighted by Gasteiger charge is 2.03. The first-order valence-corrected chi connectivity index (χ1v) is 5.20. The van der Waals surface area contributed by atoms with Crippen LogP contribution in [0.5, 0.6) is 0 Å². The average Bonchev–Trinajstić information content (AvgIpc) is 2.20. The van der Waals surface area contributed by atoms with Crippen molar-refractivity contribution in [3.63, 3.8) is 0 Å². The van der Waals surface area contributed by atoms with Gasteiger partial charge in [0.05, 0.1) is 10.0 Å². The summed E-state index contributed by atoms with van der Waals surface area (Å²) in [7, 11) is 1.76. The molecule has 5 heteroatoms. The molecule has 0 atom stereocenters. The summed E-state index contributed by atoms with van der Waals surface area (Å²) in [6, 6.07) is 5.51. The summed E-state index contributed by atoms with van der Waals surface area (Å²) in [5, 5.41) is 7.52. The molecule has 0 aliphatic heterocycles. The molecule has 2 nitrogen and oxygen atoms in total. The first kappa shape index (κ1) is 11.6. The Bertz CT molecular complexity index is 342. The highest BCUT2D eigenvalue weighted by Crippen LogP contribution is 2.25. The number of nitrogens with one attached hydrogen (secondary N) is 2. The highest BCUT2D eigenvalue weighted by atomic mass is 35.5. The van der Waals surface area contributed by atoms with Crippen molar-refractivity contribution in [1.29, 1.82) is 0 Å². The van der Waals surface area contributed by atoms with Crippen LogP contribution in [0.2, 0.25) is 10.0 Å². The van der Waals surface area contributed by atoms with Crippen LogP contribution in [0, 0.1) is 0 Å². The molecule has 0 aliphatic rings. The van der Waals surface area contributed by atoms with E-state index >= 15 is 0 Å². The Hall–Kier alpha value is -0.510. The predicted octanol–water partition coefficient (Wildman–Crippen LogP) is 2.59. The van der Waals surface area contributed by atoms with Crippen LogP contribution >= 0.6 is 35.4 Å². The Morgan fingerprint density at radius 3 is 2.79 bits per heavy atom. The largest absolute Gasteiger partial charge is 0.366 e. The van der Waals surface area contributed by atoms with Gasteiger partial charge >= 0.3 is 0 Å². The second kappa shape index (κ2) is 5.39. The van der Waals surface area contributed by atoms with Crippen LogP contribution in [0.4, 0.5) is 0 Å². The number of rotatable bonds is 2. The van der Waals surface area contributed by atoms with Crippen LogP contribution in [0.15, 0.2) is 18.2 Å². The molecule has 0 spiro atoms. The first-order chi connectivity index (χ1) is 6.65. The summed E-state index contributed by atoms with van der Waals surface area (Å²) in [5.41, 5.74) is 0.928. The first-order valence-electron chi connectivity index (χ1n) is 4.03. The molecule has 0 radical (unpaired) electrons. The number of thiocarbonyl (C=S) groups is 1. The maximum atomic E-state index is 5.98. The standard InChI is InChI=1S/C9H10Cl2N2S/c1-12-9(14)13-5-6-3-2-4-7(10)8(6)11/h2-4H,5H2,1H3,(H2,12,13,14). The van der Waals surface area contributed by atoms with Gasteiger partial charge in [-0.1, -0.05) is 35.3 Å². The normalized spacial score (nSPS) is 9.64. The van der Waals surface area contributed by atoms with Gasteiger partial charge in [0.1, 0.15) is 0 Å². The zero-order valence-electron chi connectivity index (χ0n) is 7.60. The molecule has 0 amide bonds. The van der Waals surface area contributed by atoms with Gasteiger partial charge < -0.3 is 10.6 Å². The Morgan fingerprint density at radius 2 is 2.14 bits per heavy atom. The third-order valence-corrected chi connectivity index (χ3v) is 2.90. The number of hydrogen-bond donors (Lipinski definition) is 2. The van der Waals surface area contributed by atoms with E-state index in [1.54, 1.807) is 13.1 Å². The van der Waals surface area contributed by atoms with Crippen LogP contribution in [-0.4, -0.2) is 12.2 Å². The van der Waals surface area contributed by atoms with E-state index in [2.05, 4.69) is 10.6 Å². The molecule has 2 N–H and O–H groups in total. The minimum absolute atomic E-state index is 0.557. The quantitative estimate of drug-likeness (QED) is 0.788. The molecule has 0 aliphatic carbocycles. The molecule has 0 bridgehead atoms. The fourth-order valence-corrected chi connectivity index (χ4v) is 1.41. The maximum absolute atomic E-state index is 5.98. The molecular weight excluding hydrogens is 239 g/mol. The number of benzene rings is 1. The summed E-state index contributed by atoms with van der Waals surface area (Å²) in [5.74, 6) is 0. The summed E-state index contributed by atoms with van der Waals surface area (Å²) in [6.45, 7) is 0.569. The molecule has 14 heavy (non-hydrogen) atoms. The summed E-state index contributed by atoms with van der Waals surface area (Å²) in [6.07, 6.45) is 0. The molecule has 0 heterocycles. The lowest BCUT2D eigenvalue weighted by Gasteiger charge is -2.08. The summed E-state index contributed by atoms with van der Waals surface area (Å²) < 4.78 is 0. The van der Waals surface area contributed by atoms with E-state index in [0.29, 0.717) is 21.7 Å². The van der Waals surface area contributed by atoms with Crippen molar-refractivity contribution in [1.82, 2.24) is 10.6 Å². The second-order valence-corrected chi connectivity index (χ2v) is 3.84. The van der Waals surface area contributed by atoms with Gasteiger partial charge in [0.2, 0.25) is 0 Å². The van der Waals surface area contributed by atoms with Gasteiger partial charge in [-0.25, -0.2) is 0 Å². The van der Waals surface area contributed by atoms with E-state index in [4.69, 9.17) is 35.4 Å². The van der Waals surface area contributed by atoms with Crippen LogP contribution in [-0.2, 0) is 6.54 Å². The fourth-order valence-electron chi connectivity index (χ4n) is 0.949.